The molecule has 0 unspecified atom stereocenters. The lowest BCUT2D eigenvalue weighted by Gasteiger charge is -2.10. The first-order valence-electron chi connectivity index (χ1n) is 7.14. The summed E-state index contributed by atoms with van der Waals surface area (Å²) in [7, 11) is 0. The average molecular weight is 309 g/mol. The first-order valence-corrected chi connectivity index (χ1v) is 7.14. The Morgan fingerprint density at radius 2 is 1.74 bits per heavy atom. The number of rotatable bonds is 5. The number of nitrogens with zero attached hydrogens (tertiary/aromatic N) is 2. The molecule has 1 aromatic heterocycles. The third-order valence-corrected chi connectivity index (χ3v) is 3.29. The molecule has 3 aromatic rings. The Balaban J connectivity index is 1.62. The molecule has 0 spiro atoms. The number of carbonyl (C=O) groups excluding carboxylic acids is 1. The smallest absolute Gasteiger partial charge is 0.316 e. The van der Waals surface area contributed by atoms with Gasteiger partial charge in [-0.05, 0) is 5.56 Å². The summed E-state index contributed by atoms with van der Waals surface area (Å²) in [6.07, 6.45) is -0.795. The van der Waals surface area contributed by atoms with E-state index >= 15 is 0 Å². The van der Waals surface area contributed by atoms with E-state index in [1.807, 2.05) is 48.5 Å². The molecule has 6 heteroatoms. The molecule has 0 aliphatic carbocycles. The van der Waals surface area contributed by atoms with Gasteiger partial charge in [-0.3, -0.25) is 4.79 Å². The van der Waals surface area contributed by atoms with Crippen LogP contribution in [0.15, 0.2) is 65.2 Å². The molecule has 2 aromatic carbocycles. The lowest BCUT2D eigenvalue weighted by Crippen LogP contribution is -2.28. The predicted molar refractivity (Wildman–Crippen MR) is 83.5 cm³/mol. The summed E-state index contributed by atoms with van der Waals surface area (Å²) >= 11 is 0. The van der Waals surface area contributed by atoms with Crippen LogP contribution in [-0.2, 0) is 0 Å². The van der Waals surface area contributed by atoms with E-state index < -0.39 is 12.0 Å². The van der Waals surface area contributed by atoms with Crippen molar-refractivity contribution >= 4 is 5.91 Å². The SMILES string of the molecule is O=C(NC[C@H](O)c1ccccc1)c1nc(-c2ccccc2)no1. The van der Waals surface area contributed by atoms with Crippen LogP contribution >= 0.6 is 0 Å². The van der Waals surface area contributed by atoms with Gasteiger partial charge in [0.1, 0.15) is 0 Å². The quantitative estimate of drug-likeness (QED) is 0.754. The van der Waals surface area contributed by atoms with Gasteiger partial charge in [0.05, 0.1) is 6.10 Å². The molecule has 0 saturated carbocycles. The Kier molecular flexibility index (Phi) is 4.44. The number of nitrogens with one attached hydrogen (secondary N) is 1. The van der Waals surface area contributed by atoms with Gasteiger partial charge in [0.15, 0.2) is 0 Å². The van der Waals surface area contributed by atoms with Gasteiger partial charge in [-0.15, -0.1) is 0 Å². The average Bonchev–Trinajstić information content (AvgIpc) is 3.11. The number of amides is 1. The van der Waals surface area contributed by atoms with E-state index in [0.717, 1.165) is 11.1 Å². The Bertz CT molecular complexity index is 772. The second-order valence-electron chi connectivity index (χ2n) is 4.93. The van der Waals surface area contributed by atoms with Crippen LogP contribution in [0.25, 0.3) is 11.4 Å². The fraction of sp³-hybridized carbons (Fsp3) is 0.118. The van der Waals surface area contributed by atoms with Crippen molar-refractivity contribution in [2.75, 3.05) is 6.54 Å². The van der Waals surface area contributed by atoms with Crippen molar-refractivity contribution in [1.29, 1.82) is 0 Å². The lowest BCUT2D eigenvalue weighted by molar-refractivity contribution is 0.0873. The molecular weight excluding hydrogens is 294 g/mol. The number of aliphatic hydroxyl groups excluding tert-OH is 1. The Labute approximate surface area is 132 Å². The normalized spacial score (nSPS) is 11.9. The maximum absolute atomic E-state index is 12.0. The van der Waals surface area contributed by atoms with E-state index in [-0.39, 0.29) is 12.4 Å². The minimum absolute atomic E-state index is 0.0614. The molecule has 23 heavy (non-hydrogen) atoms. The van der Waals surface area contributed by atoms with E-state index in [4.69, 9.17) is 4.52 Å². The minimum atomic E-state index is -0.795. The third kappa shape index (κ3) is 3.61. The van der Waals surface area contributed by atoms with Crippen LogP contribution in [-0.4, -0.2) is 27.7 Å². The molecule has 0 fully saturated rings. The summed E-state index contributed by atoms with van der Waals surface area (Å²) in [6.45, 7) is 0.0614. The van der Waals surface area contributed by atoms with E-state index in [2.05, 4.69) is 15.5 Å². The van der Waals surface area contributed by atoms with Crippen molar-refractivity contribution < 1.29 is 14.4 Å². The number of aromatic nitrogens is 2. The monoisotopic (exact) mass is 309 g/mol. The molecule has 3 rings (SSSR count). The predicted octanol–water partition coefficient (Wildman–Crippen LogP) is 2.20. The van der Waals surface area contributed by atoms with Gasteiger partial charge < -0.3 is 14.9 Å². The van der Waals surface area contributed by atoms with Crippen LogP contribution in [0.4, 0.5) is 0 Å². The van der Waals surface area contributed by atoms with Gasteiger partial charge in [-0.25, -0.2) is 0 Å². The molecule has 6 nitrogen and oxygen atoms in total. The van der Waals surface area contributed by atoms with Gasteiger partial charge in [-0.2, -0.15) is 4.98 Å². The second kappa shape index (κ2) is 6.85. The Morgan fingerprint density at radius 3 is 2.43 bits per heavy atom. The summed E-state index contributed by atoms with van der Waals surface area (Å²) in [6, 6.07) is 18.3. The maximum Gasteiger partial charge on any atom is 0.316 e. The summed E-state index contributed by atoms with van der Waals surface area (Å²) in [4.78, 5) is 16.1. The molecule has 0 aliphatic heterocycles. The minimum Gasteiger partial charge on any atom is -0.387 e. The number of benzene rings is 2. The number of hydrogen-bond donors (Lipinski definition) is 2. The molecule has 2 N–H and O–H groups in total. The summed E-state index contributed by atoms with van der Waals surface area (Å²) < 4.78 is 4.96. The number of carbonyl (C=O) groups is 1. The van der Waals surface area contributed by atoms with Crippen molar-refractivity contribution in [3.63, 3.8) is 0 Å². The topological polar surface area (TPSA) is 88.2 Å². The summed E-state index contributed by atoms with van der Waals surface area (Å²) in [5, 5.41) is 16.4. The van der Waals surface area contributed by atoms with Crippen LogP contribution in [0, 0.1) is 0 Å². The number of aliphatic hydroxyl groups is 1. The zero-order valence-electron chi connectivity index (χ0n) is 12.2. The molecule has 1 amide bonds. The first kappa shape index (κ1) is 14.9. The Hall–Kier alpha value is -2.99. The van der Waals surface area contributed by atoms with Crippen LogP contribution in [0.2, 0.25) is 0 Å². The van der Waals surface area contributed by atoms with E-state index in [1.54, 1.807) is 12.1 Å². The Morgan fingerprint density at radius 1 is 1.09 bits per heavy atom. The van der Waals surface area contributed by atoms with Crippen LogP contribution in [0.3, 0.4) is 0 Å². The summed E-state index contributed by atoms with van der Waals surface area (Å²) in [5.41, 5.74) is 1.49. The standard InChI is InChI=1S/C17H15N3O3/c21-14(12-7-3-1-4-8-12)11-18-16(22)17-19-15(20-23-17)13-9-5-2-6-10-13/h1-10,14,21H,11H2,(H,18,22)/t14-/m0/s1. The van der Waals surface area contributed by atoms with Gasteiger partial charge in [-0.1, -0.05) is 65.8 Å². The molecule has 1 heterocycles. The van der Waals surface area contributed by atoms with Crippen molar-refractivity contribution in [3.8, 4) is 11.4 Å². The second-order valence-corrected chi connectivity index (χ2v) is 4.93. The van der Waals surface area contributed by atoms with Gasteiger partial charge in [0, 0.05) is 12.1 Å². The maximum atomic E-state index is 12.0. The highest BCUT2D eigenvalue weighted by Crippen LogP contribution is 2.15. The fourth-order valence-electron chi connectivity index (χ4n) is 2.08. The van der Waals surface area contributed by atoms with Crippen LogP contribution < -0.4 is 5.32 Å². The van der Waals surface area contributed by atoms with E-state index in [1.165, 1.54) is 0 Å². The highest BCUT2D eigenvalue weighted by molar-refractivity contribution is 5.89. The molecule has 0 saturated heterocycles. The van der Waals surface area contributed by atoms with Gasteiger partial charge in [0.2, 0.25) is 5.82 Å². The van der Waals surface area contributed by atoms with Gasteiger partial charge >= 0.3 is 11.8 Å². The molecule has 0 bridgehead atoms. The highest BCUT2D eigenvalue weighted by Gasteiger charge is 2.17. The fourth-order valence-corrected chi connectivity index (χ4v) is 2.08. The van der Waals surface area contributed by atoms with Crippen LogP contribution in [0.1, 0.15) is 22.4 Å². The molecule has 116 valence electrons. The third-order valence-electron chi connectivity index (χ3n) is 3.29. The molecular formula is C17H15N3O3. The highest BCUT2D eigenvalue weighted by atomic mass is 16.5. The zero-order chi connectivity index (χ0) is 16.1. The first-order chi connectivity index (χ1) is 11.2. The van der Waals surface area contributed by atoms with E-state index in [9.17, 15) is 9.90 Å². The van der Waals surface area contributed by atoms with Crippen molar-refractivity contribution in [2.45, 2.75) is 6.10 Å². The molecule has 0 radical (unpaired) electrons. The zero-order valence-corrected chi connectivity index (χ0v) is 12.2. The number of hydrogen-bond acceptors (Lipinski definition) is 5. The van der Waals surface area contributed by atoms with Gasteiger partial charge in [0.25, 0.3) is 0 Å². The van der Waals surface area contributed by atoms with Crippen LogP contribution in [0.5, 0.6) is 0 Å². The lowest BCUT2D eigenvalue weighted by atomic mass is 10.1. The largest absolute Gasteiger partial charge is 0.387 e. The molecule has 0 aliphatic rings. The van der Waals surface area contributed by atoms with Crippen molar-refractivity contribution in [2.24, 2.45) is 0 Å². The van der Waals surface area contributed by atoms with Crippen molar-refractivity contribution in [1.82, 2.24) is 15.5 Å². The summed E-state index contributed by atoms with van der Waals surface area (Å²) in [5.74, 6) is -0.307. The van der Waals surface area contributed by atoms with Crippen molar-refractivity contribution in [3.05, 3.63) is 72.1 Å². The molecule has 1 atom stereocenters. The van der Waals surface area contributed by atoms with E-state index in [0.29, 0.717) is 5.82 Å².